The second kappa shape index (κ2) is 13.7. The lowest BCUT2D eigenvalue weighted by Crippen LogP contribution is -2.37. The summed E-state index contributed by atoms with van der Waals surface area (Å²) in [5.74, 6) is 0.665. The molecule has 0 unspecified atom stereocenters. The van der Waals surface area contributed by atoms with Gasteiger partial charge in [0.05, 0.1) is 0 Å². The van der Waals surface area contributed by atoms with Crippen LogP contribution in [0.3, 0.4) is 0 Å². The average Bonchev–Trinajstić information content (AvgIpc) is 2.76. The Balaban J connectivity index is 0.00000512. The monoisotopic (exact) mass is 551 g/mol. The maximum Gasteiger partial charge on any atom is 0.253 e. The van der Waals surface area contributed by atoms with Crippen LogP contribution in [0.15, 0.2) is 53.5 Å². The normalized spacial score (nSPS) is 10.9. The first-order chi connectivity index (χ1) is 14.8. The molecule has 0 fully saturated rings. The Bertz CT molecular complexity index is 911. The van der Waals surface area contributed by atoms with Gasteiger partial charge < -0.3 is 20.9 Å². The van der Waals surface area contributed by atoms with Gasteiger partial charge in [-0.25, -0.2) is 0 Å². The first-order valence-corrected chi connectivity index (χ1v) is 10.4. The van der Waals surface area contributed by atoms with Gasteiger partial charge in [-0.2, -0.15) is 0 Å². The summed E-state index contributed by atoms with van der Waals surface area (Å²) >= 11 is 0. The summed E-state index contributed by atoms with van der Waals surface area (Å²) in [4.78, 5) is 29.7. The third-order valence-corrected chi connectivity index (χ3v) is 4.72. The number of nitrogens with one attached hydrogen (secondary N) is 3. The molecule has 0 spiro atoms. The van der Waals surface area contributed by atoms with Crippen molar-refractivity contribution in [3.8, 4) is 0 Å². The molecule has 0 saturated carbocycles. The summed E-state index contributed by atoms with van der Waals surface area (Å²) < 4.78 is 0. The fourth-order valence-electron chi connectivity index (χ4n) is 2.84. The molecule has 2 aromatic carbocycles. The van der Waals surface area contributed by atoms with E-state index in [2.05, 4.69) is 20.9 Å². The van der Waals surface area contributed by atoms with Crippen molar-refractivity contribution < 1.29 is 9.59 Å². The minimum Gasteiger partial charge on any atom is -0.356 e. The molecule has 7 nitrogen and oxygen atoms in total. The zero-order valence-corrected chi connectivity index (χ0v) is 21.8. The summed E-state index contributed by atoms with van der Waals surface area (Å²) in [5, 5.41) is 9.47. The summed E-state index contributed by atoms with van der Waals surface area (Å²) in [7, 11) is 5.24. The zero-order chi connectivity index (χ0) is 22.8. The number of hydrogen-bond donors (Lipinski definition) is 3. The number of hydrogen-bond acceptors (Lipinski definition) is 3. The number of nitrogens with zero attached hydrogens (tertiary/aromatic N) is 2. The van der Waals surface area contributed by atoms with Gasteiger partial charge in [0.2, 0.25) is 5.91 Å². The van der Waals surface area contributed by atoms with Crippen molar-refractivity contribution in [2.45, 2.75) is 26.8 Å². The number of guanidine groups is 1. The van der Waals surface area contributed by atoms with Crippen LogP contribution in [0.4, 0.5) is 5.69 Å². The molecule has 174 valence electrons. The molecule has 2 aromatic rings. The molecule has 0 radical (unpaired) electrons. The van der Waals surface area contributed by atoms with Crippen LogP contribution in [0.2, 0.25) is 0 Å². The molecule has 0 bridgehead atoms. The Morgan fingerprint density at radius 2 is 1.69 bits per heavy atom. The predicted molar refractivity (Wildman–Crippen MR) is 142 cm³/mol. The number of carbonyl (C=O) groups is 2. The van der Waals surface area contributed by atoms with E-state index in [0.29, 0.717) is 24.6 Å². The van der Waals surface area contributed by atoms with E-state index in [4.69, 9.17) is 0 Å². The molecule has 0 aliphatic rings. The van der Waals surface area contributed by atoms with Gasteiger partial charge >= 0.3 is 0 Å². The third-order valence-electron chi connectivity index (χ3n) is 4.72. The van der Waals surface area contributed by atoms with Crippen molar-refractivity contribution >= 4 is 47.4 Å². The Morgan fingerprint density at radius 1 is 1.00 bits per heavy atom. The summed E-state index contributed by atoms with van der Waals surface area (Å²) in [6.07, 6.45) is 0.777. The number of rotatable bonds is 8. The number of aliphatic imine (C=N–C) groups is 1. The lowest BCUT2D eigenvalue weighted by molar-refractivity contribution is -0.118. The van der Waals surface area contributed by atoms with Crippen LogP contribution in [0.1, 0.15) is 35.3 Å². The molecule has 3 N–H and O–H groups in total. The highest BCUT2D eigenvalue weighted by atomic mass is 127. The largest absolute Gasteiger partial charge is 0.356 e. The molecule has 8 heteroatoms. The maximum atomic E-state index is 12.1. The third kappa shape index (κ3) is 8.86. The number of benzene rings is 2. The van der Waals surface area contributed by atoms with Gasteiger partial charge in [-0.15, -0.1) is 24.0 Å². The summed E-state index contributed by atoms with van der Waals surface area (Å²) in [6.45, 7) is 5.04. The molecule has 0 aliphatic heterocycles. The zero-order valence-electron chi connectivity index (χ0n) is 19.4. The molecule has 0 aliphatic carbocycles. The lowest BCUT2D eigenvalue weighted by atomic mass is 10.1. The van der Waals surface area contributed by atoms with Crippen LogP contribution in [-0.4, -0.2) is 50.4 Å². The van der Waals surface area contributed by atoms with Crippen LogP contribution in [0, 0.1) is 5.92 Å². The van der Waals surface area contributed by atoms with E-state index in [0.717, 1.165) is 23.2 Å². The van der Waals surface area contributed by atoms with Gasteiger partial charge in [0.1, 0.15) is 0 Å². The highest BCUT2D eigenvalue weighted by Crippen LogP contribution is 2.11. The van der Waals surface area contributed by atoms with E-state index in [1.54, 1.807) is 26.0 Å². The fourth-order valence-corrected chi connectivity index (χ4v) is 2.84. The van der Waals surface area contributed by atoms with Crippen LogP contribution in [0.25, 0.3) is 0 Å². The van der Waals surface area contributed by atoms with Crippen molar-refractivity contribution in [1.29, 1.82) is 0 Å². The fraction of sp³-hybridized carbons (Fsp3) is 0.375. The molecule has 0 atom stereocenters. The summed E-state index contributed by atoms with van der Waals surface area (Å²) in [5.41, 5.74) is 3.66. The highest BCUT2D eigenvalue weighted by molar-refractivity contribution is 14.0. The second-order valence-electron chi connectivity index (χ2n) is 7.84. The molecule has 32 heavy (non-hydrogen) atoms. The van der Waals surface area contributed by atoms with Gasteiger partial charge in [0.25, 0.3) is 5.91 Å². The molecule has 0 heterocycles. The van der Waals surface area contributed by atoms with Crippen molar-refractivity contribution in [1.82, 2.24) is 15.5 Å². The molecule has 2 rings (SSSR count). The van der Waals surface area contributed by atoms with Gasteiger partial charge in [0.15, 0.2) is 5.96 Å². The lowest BCUT2D eigenvalue weighted by Gasteiger charge is -2.14. The minimum absolute atomic E-state index is 0. The van der Waals surface area contributed by atoms with Crippen molar-refractivity contribution in [2.24, 2.45) is 10.9 Å². The van der Waals surface area contributed by atoms with Crippen LogP contribution >= 0.6 is 24.0 Å². The van der Waals surface area contributed by atoms with Crippen LogP contribution < -0.4 is 16.0 Å². The Hall–Kier alpha value is -2.62. The number of amides is 2. The van der Waals surface area contributed by atoms with E-state index >= 15 is 0 Å². The summed E-state index contributed by atoms with van der Waals surface area (Å²) in [6, 6.07) is 15.4. The van der Waals surface area contributed by atoms with Crippen molar-refractivity contribution in [3.63, 3.8) is 0 Å². The SMILES string of the molecule is CN=C(NCCc1cccc(C(=O)N(C)C)c1)NCc1ccc(NC(=O)C(C)C)cc1.I. The Kier molecular flexibility index (Phi) is 11.8. The standard InChI is InChI=1S/C24H33N5O2.HI/c1-17(2)22(30)28-21-11-9-19(10-12-21)16-27-24(25-3)26-14-13-18-7-6-8-20(15-18)23(31)29(4)5;/h6-12,15,17H,13-14,16H2,1-5H3,(H,28,30)(H2,25,26,27);1H. The van der Waals surface area contributed by atoms with E-state index < -0.39 is 0 Å². The van der Waals surface area contributed by atoms with Crippen molar-refractivity contribution in [3.05, 3.63) is 65.2 Å². The second-order valence-corrected chi connectivity index (χ2v) is 7.84. The van der Waals surface area contributed by atoms with Gasteiger partial charge in [0, 0.05) is 51.4 Å². The van der Waals surface area contributed by atoms with E-state index in [1.165, 1.54) is 0 Å². The Labute approximate surface area is 208 Å². The minimum atomic E-state index is -0.0494. The van der Waals surface area contributed by atoms with Gasteiger partial charge in [-0.3, -0.25) is 14.6 Å². The first-order valence-electron chi connectivity index (χ1n) is 10.4. The molecule has 0 aromatic heterocycles. The van der Waals surface area contributed by atoms with Crippen LogP contribution in [-0.2, 0) is 17.8 Å². The molecular weight excluding hydrogens is 517 g/mol. The highest BCUT2D eigenvalue weighted by Gasteiger charge is 2.09. The van der Waals surface area contributed by atoms with E-state index in [1.807, 2.05) is 62.4 Å². The van der Waals surface area contributed by atoms with E-state index in [9.17, 15) is 9.59 Å². The maximum absolute atomic E-state index is 12.1. The topological polar surface area (TPSA) is 85.8 Å². The van der Waals surface area contributed by atoms with Crippen LogP contribution in [0.5, 0.6) is 0 Å². The van der Waals surface area contributed by atoms with Gasteiger partial charge in [-0.05, 0) is 41.8 Å². The predicted octanol–water partition coefficient (Wildman–Crippen LogP) is 3.51. The average molecular weight is 551 g/mol. The van der Waals surface area contributed by atoms with Gasteiger partial charge in [-0.1, -0.05) is 38.1 Å². The number of anilines is 1. The first kappa shape index (κ1) is 27.4. The van der Waals surface area contributed by atoms with E-state index in [-0.39, 0.29) is 41.7 Å². The quantitative estimate of drug-likeness (QED) is 0.267. The number of carbonyl (C=O) groups excluding carboxylic acids is 2. The molecule has 2 amide bonds. The molecule has 0 saturated heterocycles. The smallest absolute Gasteiger partial charge is 0.253 e. The Morgan fingerprint density at radius 3 is 2.28 bits per heavy atom. The van der Waals surface area contributed by atoms with Crippen molar-refractivity contribution in [2.75, 3.05) is 33.0 Å². The number of halogens is 1. The molecular formula is C24H34IN5O2.